The SMILES string of the molecule is CC1C2CC(C3C4CCC(C4)C23)C1S(C)(=O)=O. The Morgan fingerprint density at radius 1 is 0.941 bits per heavy atom. The Bertz CT molecular complexity index is 455. The second-order valence-corrected chi connectivity index (χ2v) is 9.41. The van der Waals surface area contributed by atoms with Crippen molar-refractivity contribution < 1.29 is 8.42 Å². The van der Waals surface area contributed by atoms with E-state index in [0.717, 1.165) is 29.6 Å². The molecule has 3 heteroatoms. The van der Waals surface area contributed by atoms with Crippen molar-refractivity contribution >= 4 is 9.84 Å². The molecule has 0 N–H and O–H groups in total. The minimum atomic E-state index is -2.84. The summed E-state index contributed by atoms with van der Waals surface area (Å²) in [7, 11) is -2.84. The third kappa shape index (κ3) is 1.20. The zero-order valence-electron chi connectivity index (χ0n) is 10.7. The van der Waals surface area contributed by atoms with Crippen LogP contribution in [0.5, 0.6) is 0 Å². The van der Waals surface area contributed by atoms with Gasteiger partial charge in [0, 0.05) is 6.26 Å². The maximum Gasteiger partial charge on any atom is 0.150 e. The zero-order valence-corrected chi connectivity index (χ0v) is 11.5. The average Bonchev–Trinajstić information content (AvgIpc) is 2.90. The summed E-state index contributed by atoms with van der Waals surface area (Å²) in [5.41, 5.74) is 0. The smallest absolute Gasteiger partial charge is 0.150 e. The lowest BCUT2D eigenvalue weighted by Crippen LogP contribution is -2.43. The minimum absolute atomic E-state index is 0.00639. The fourth-order valence-corrected chi connectivity index (χ4v) is 8.45. The number of rotatable bonds is 1. The Labute approximate surface area is 104 Å². The van der Waals surface area contributed by atoms with Crippen molar-refractivity contribution in [2.45, 2.75) is 37.9 Å². The summed E-state index contributed by atoms with van der Waals surface area (Å²) in [5, 5.41) is -0.00639. The Morgan fingerprint density at radius 2 is 1.53 bits per heavy atom. The van der Waals surface area contributed by atoms with Crippen LogP contribution in [-0.2, 0) is 9.84 Å². The number of hydrogen-bond acceptors (Lipinski definition) is 2. The molecule has 8 atom stereocenters. The Balaban J connectivity index is 1.75. The van der Waals surface area contributed by atoms with E-state index < -0.39 is 9.84 Å². The van der Waals surface area contributed by atoms with Crippen molar-refractivity contribution in [3.8, 4) is 0 Å². The largest absolute Gasteiger partial charge is 0.229 e. The molecule has 4 aliphatic carbocycles. The van der Waals surface area contributed by atoms with E-state index in [1.54, 1.807) is 0 Å². The predicted molar refractivity (Wildman–Crippen MR) is 67.2 cm³/mol. The summed E-state index contributed by atoms with van der Waals surface area (Å²) < 4.78 is 24.1. The quantitative estimate of drug-likeness (QED) is 0.673. The van der Waals surface area contributed by atoms with Crippen molar-refractivity contribution in [2.75, 3.05) is 6.26 Å². The van der Waals surface area contributed by atoms with Gasteiger partial charge in [-0.15, -0.1) is 0 Å². The molecule has 4 aliphatic rings. The van der Waals surface area contributed by atoms with E-state index >= 15 is 0 Å². The summed E-state index contributed by atoms with van der Waals surface area (Å²) in [5.74, 6) is 5.22. The first-order chi connectivity index (χ1) is 7.98. The lowest BCUT2D eigenvalue weighted by Gasteiger charge is -2.41. The normalized spacial score (nSPS) is 59.9. The van der Waals surface area contributed by atoms with E-state index in [1.807, 2.05) is 0 Å². The fraction of sp³-hybridized carbons (Fsp3) is 1.00. The number of sulfone groups is 1. The third-order valence-corrected chi connectivity index (χ3v) is 8.46. The van der Waals surface area contributed by atoms with Crippen LogP contribution in [0, 0.1) is 41.4 Å². The van der Waals surface area contributed by atoms with Crippen molar-refractivity contribution in [1.82, 2.24) is 0 Å². The van der Waals surface area contributed by atoms with Crippen LogP contribution in [0.15, 0.2) is 0 Å². The molecule has 96 valence electrons. The van der Waals surface area contributed by atoms with E-state index in [1.165, 1.54) is 31.9 Å². The van der Waals surface area contributed by atoms with Gasteiger partial charge in [-0.1, -0.05) is 6.92 Å². The first kappa shape index (κ1) is 10.8. The Kier molecular flexibility index (Phi) is 1.97. The zero-order chi connectivity index (χ0) is 11.9. The molecule has 4 bridgehead atoms. The lowest BCUT2D eigenvalue weighted by molar-refractivity contribution is 0.115. The van der Waals surface area contributed by atoms with Crippen molar-refractivity contribution in [3.63, 3.8) is 0 Å². The lowest BCUT2D eigenvalue weighted by atomic mass is 9.68. The maximum atomic E-state index is 12.0. The van der Waals surface area contributed by atoms with E-state index in [4.69, 9.17) is 0 Å². The van der Waals surface area contributed by atoms with Gasteiger partial charge < -0.3 is 0 Å². The second-order valence-electron chi connectivity index (χ2n) is 7.20. The molecule has 0 aromatic heterocycles. The second kappa shape index (κ2) is 3.09. The van der Waals surface area contributed by atoms with E-state index in [0.29, 0.717) is 11.8 Å². The molecule has 0 aliphatic heterocycles. The third-order valence-electron chi connectivity index (χ3n) is 6.69. The van der Waals surface area contributed by atoms with Crippen molar-refractivity contribution in [3.05, 3.63) is 0 Å². The van der Waals surface area contributed by atoms with Gasteiger partial charge in [0.1, 0.15) is 0 Å². The monoisotopic (exact) mass is 254 g/mol. The van der Waals surface area contributed by atoms with Crippen molar-refractivity contribution in [2.24, 2.45) is 41.4 Å². The topological polar surface area (TPSA) is 34.1 Å². The van der Waals surface area contributed by atoms with Gasteiger partial charge in [0.2, 0.25) is 0 Å². The molecule has 0 heterocycles. The van der Waals surface area contributed by atoms with Gasteiger partial charge in [0.25, 0.3) is 0 Å². The van der Waals surface area contributed by atoms with Gasteiger partial charge in [-0.3, -0.25) is 0 Å². The summed E-state index contributed by atoms with van der Waals surface area (Å²) in [6.07, 6.45) is 6.94. The molecular formula is C14H22O2S. The molecule has 0 saturated heterocycles. The van der Waals surface area contributed by atoms with Gasteiger partial charge in [-0.2, -0.15) is 0 Å². The van der Waals surface area contributed by atoms with Gasteiger partial charge in [0.15, 0.2) is 9.84 Å². The number of fused-ring (bicyclic) bond motifs is 9. The van der Waals surface area contributed by atoms with Gasteiger partial charge >= 0.3 is 0 Å². The molecule has 4 rings (SSSR count). The molecule has 0 amide bonds. The molecule has 2 nitrogen and oxygen atoms in total. The van der Waals surface area contributed by atoms with Crippen LogP contribution in [0.1, 0.15) is 32.6 Å². The van der Waals surface area contributed by atoms with Crippen LogP contribution in [0.25, 0.3) is 0 Å². The van der Waals surface area contributed by atoms with Crippen molar-refractivity contribution in [1.29, 1.82) is 0 Å². The molecular weight excluding hydrogens is 232 g/mol. The van der Waals surface area contributed by atoms with Crippen LogP contribution in [-0.4, -0.2) is 19.9 Å². The van der Waals surface area contributed by atoms with Crippen LogP contribution >= 0.6 is 0 Å². The standard InChI is InChI=1S/C14H22O2S/c1-7-10-6-11(14(7)17(2,15)16)13-9-4-3-8(5-9)12(10)13/h7-14H,3-6H2,1-2H3. The maximum absolute atomic E-state index is 12.0. The summed E-state index contributed by atoms with van der Waals surface area (Å²) in [6.45, 7) is 2.21. The van der Waals surface area contributed by atoms with Gasteiger partial charge in [-0.05, 0) is 67.1 Å². The van der Waals surface area contributed by atoms with E-state index in [-0.39, 0.29) is 5.25 Å². The van der Waals surface area contributed by atoms with Crippen LogP contribution in [0.2, 0.25) is 0 Å². The highest BCUT2D eigenvalue weighted by Crippen LogP contribution is 2.69. The van der Waals surface area contributed by atoms with Crippen LogP contribution in [0.4, 0.5) is 0 Å². The molecule has 0 spiro atoms. The fourth-order valence-electron chi connectivity index (χ4n) is 6.54. The molecule has 0 radical (unpaired) electrons. The molecule has 4 saturated carbocycles. The van der Waals surface area contributed by atoms with Gasteiger partial charge in [-0.25, -0.2) is 8.42 Å². The van der Waals surface area contributed by atoms with Crippen LogP contribution in [0.3, 0.4) is 0 Å². The van der Waals surface area contributed by atoms with E-state index in [2.05, 4.69) is 6.92 Å². The Morgan fingerprint density at radius 3 is 2.12 bits per heavy atom. The first-order valence-electron chi connectivity index (χ1n) is 7.17. The summed E-state index contributed by atoms with van der Waals surface area (Å²) >= 11 is 0. The first-order valence-corrected chi connectivity index (χ1v) is 9.13. The minimum Gasteiger partial charge on any atom is -0.229 e. The molecule has 4 fully saturated rings. The molecule has 8 unspecified atom stereocenters. The average molecular weight is 254 g/mol. The highest BCUT2D eigenvalue weighted by molar-refractivity contribution is 7.91. The number of hydrogen-bond donors (Lipinski definition) is 0. The molecule has 17 heavy (non-hydrogen) atoms. The van der Waals surface area contributed by atoms with E-state index in [9.17, 15) is 8.42 Å². The highest BCUT2D eigenvalue weighted by Gasteiger charge is 2.66. The molecule has 0 aromatic rings. The Hall–Kier alpha value is -0.0500. The highest BCUT2D eigenvalue weighted by atomic mass is 32.2. The van der Waals surface area contributed by atoms with Crippen LogP contribution < -0.4 is 0 Å². The predicted octanol–water partition coefficient (Wildman–Crippen LogP) is 2.35. The summed E-state index contributed by atoms with van der Waals surface area (Å²) in [4.78, 5) is 0. The molecule has 0 aromatic carbocycles. The van der Waals surface area contributed by atoms with Gasteiger partial charge in [0.05, 0.1) is 5.25 Å². The summed E-state index contributed by atoms with van der Waals surface area (Å²) in [6, 6.07) is 0.